The number of hydrogen-bond donors (Lipinski definition) is 4. The Morgan fingerprint density at radius 1 is 1.42 bits per heavy atom. The van der Waals surface area contributed by atoms with E-state index >= 15 is 0 Å². The predicted octanol–water partition coefficient (Wildman–Crippen LogP) is -1.25. The standard InChI is InChI=1S/C12H23NO6/c1-4-6(2)18-12-9(13-7(3)15)11(17)10(16)8(5-14)19-12/h6,8-12,14,16-17H,4-5H2,1-3H3,(H,13,15)/t6-,8+,9-,10-,11+,12+/m1/s1. The molecular formula is C12H23NO6. The van der Waals surface area contributed by atoms with Crippen LogP contribution in [-0.2, 0) is 14.3 Å². The molecule has 0 unspecified atom stereocenters. The van der Waals surface area contributed by atoms with E-state index in [4.69, 9.17) is 14.6 Å². The number of rotatable bonds is 5. The van der Waals surface area contributed by atoms with E-state index in [0.717, 1.165) is 6.42 Å². The van der Waals surface area contributed by atoms with Gasteiger partial charge in [0.25, 0.3) is 0 Å². The lowest BCUT2D eigenvalue weighted by Crippen LogP contribution is -2.64. The van der Waals surface area contributed by atoms with Crippen LogP contribution in [0.3, 0.4) is 0 Å². The van der Waals surface area contributed by atoms with Gasteiger partial charge in [0.1, 0.15) is 24.4 Å². The summed E-state index contributed by atoms with van der Waals surface area (Å²) in [4.78, 5) is 11.2. The SMILES string of the molecule is CC[C@@H](C)O[C@H]1O[C@@H](CO)[C@@H](O)[C@@H](O)[C@H]1NC(C)=O. The molecule has 0 bridgehead atoms. The molecule has 7 nitrogen and oxygen atoms in total. The number of carbonyl (C=O) groups is 1. The van der Waals surface area contributed by atoms with Crippen LogP contribution in [0.1, 0.15) is 27.2 Å². The summed E-state index contributed by atoms with van der Waals surface area (Å²) in [6.45, 7) is 4.62. The van der Waals surface area contributed by atoms with E-state index in [2.05, 4.69) is 5.32 Å². The fourth-order valence-corrected chi connectivity index (χ4v) is 1.91. The molecule has 1 heterocycles. The number of aliphatic hydroxyl groups is 3. The van der Waals surface area contributed by atoms with Crippen LogP contribution in [0.15, 0.2) is 0 Å². The van der Waals surface area contributed by atoms with Crippen molar-refractivity contribution >= 4 is 5.91 Å². The maximum Gasteiger partial charge on any atom is 0.217 e. The molecule has 0 saturated carbocycles. The highest BCUT2D eigenvalue weighted by Gasteiger charge is 2.45. The zero-order valence-corrected chi connectivity index (χ0v) is 11.4. The highest BCUT2D eigenvalue weighted by atomic mass is 16.7. The summed E-state index contributed by atoms with van der Waals surface area (Å²) < 4.78 is 11.0. The highest BCUT2D eigenvalue weighted by molar-refractivity contribution is 5.73. The molecule has 19 heavy (non-hydrogen) atoms. The number of hydrogen-bond acceptors (Lipinski definition) is 6. The molecule has 0 spiro atoms. The van der Waals surface area contributed by atoms with Crippen LogP contribution >= 0.6 is 0 Å². The minimum Gasteiger partial charge on any atom is -0.394 e. The van der Waals surface area contributed by atoms with Crippen LogP contribution in [0.4, 0.5) is 0 Å². The average Bonchev–Trinajstić information content (AvgIpc) is 2.37. The number of aliphatic hydroxyl groups excluding tert-OH is 3. The zero-order valence-electron chi connectivity index (χ0n) is 11.4. The number of nitrogens with one attached hydrogen (secondary N) is 1. The van der Waals surface area contributed by atoms with Gasteiger partial charge in [-0.05, 0) is 13.3 Å². The molecule has 0 radical (unpaired) electrons. The Morgan fingerprint density at radius 3 is 2.53 bits per heavy atom. The van der Waals surface area contributed by atoms with Gasteiger partial charge < -0.3 is 30.1 Å². The second-order valence-electron chi connectivity index (χ2n) is 4.79. The van der Waals surface area contributed by atoms with Crippen molar-refractivity contribution in [3.05, 3.63) is 0 Å². The summed E-state index contributed by atoms with van der Waals surface area (Å²) in [5, 5.41) is 31.4. The molecular weight excluding hydrogens is 254 g/mol. The summed E-state index contributed by atoms with van der Waals surface area (Å²) in [5.41, 5.74) is 0. The Hall–Kier alpha value is -0.730. The largest absolute Gasteiger partial charge is 0.394 e. The monoisotopic (exact) mass is 277 g/mol. The molecule has 7 heteroatoms. The van der Waals surface area contributed by atoms with Gasteiger partial charge in [0, 0.05) is 6.92 Å². The molecule has 0 aromatic rings. The fourth-order valence-electron chi connectivity index (χ4n) is 1.91. The van der Waals surface area contributed by atoms with Gasteiger partial charge in [0.05, 0.1) is 12.7 Å². The normalized spacial score (nSPS) is 36.8. The summed E-state index contributed by atoms with van der Waals surface area (Å²) in [6, 6.07) is -0.871. The summed E-state index contributed by atoms with van der Waals surface area (Å²) in [5.74, 6) is -0.361. The molecule has 0 aromatic heterocycles. The molecule has 6 atom stereocenters. The van der Waals surface area contributed by atoms with Crippen LogP contribution in [-0.4, -0.2) is 64.6 Å². The lowest BCUT2D eigenvalue weighted by atomic mass is 9.97. The molecule has 4 N–H and O–H groups in total. The van der Waals surface area contributed by atoms with Gasteiger partial charge in [-0.15, -0.1) is 0 Å². The third-order valence-corrected chi connectivity index (χ3v) is 3.19. The average molecular weight is 277 g/mol. The van der Waals surface area contributed by atoms with Gasteiger partial charge in [0.2, 0.25) is 5.91 Å². The van der Waals surface area contributed by atoms with Crippen LogP contribution < -0.4 is 5.32 Å². The molecule has 1 fully saturated rings. The van der Waals surface area contributed by atoms with E-state index in [1.54, 1.807) is 0 Å². The van der Waals surface area contributed by atoms with Crippen LogP contribution in [0.25, 0.3) is 0 Å². The summed E-state index contributed by atoms with van der Waals surface area (Å²) in [6.07, 6.45) is -3.79. The fraction of sp³-hybridized carbons (Fsp3) is 0.917. The third-order valence-electron chi connectivity index (χ3n) is 3.19. The Bertz CT molecular complexity index is 300. The lowest BCUT2D eigenvalue weighted by molar-refractivity contribution is -0.280. The van der Waals surface area contributed by atoms with Crippen molar-refractivity contribution in [3.8, 4) is 0 Å². The van der Waals surface area contributed by atoms with Crippen LogP contribution in [0.5, 0.6) is 0 Å². The predicted molar refractivity (Wildman–Crippen MR) is 66.2 cm³/mol. The lowest BCUT2D eigenvalue weighted by Gasteiger charge is -2.42. The molecule has 1 rings (SSSR count). The maximum absolute atomic E-state index is 11.2. The van der Waals surface area contributed by atoms with Gasteiger partial charge >= 0.3 is 0 Å². The van der Waals surface area contributed by atoms with Crippen LogP contribution in [0.2, 0.25) is 0 Å². The molecule has 1 saturated heterocycles. The second kappa shape index (κ2) is 7.16. The third kappa shape index (κ3) is 4.12. The van der Waals surface area contributed by atoms with Crippen molar-refractivity contribution < 1.29 is 29.6 Å². The van der Waals surface area contributed by atoms with Crippen LogP contribution in [0, 0.1) is 0 Å². The summed E-state index contributed by atoms with van der Waals surface area (Å²) >= 11 is 0. The van der Waals surface area contributed by atoms with Crippen molar-refractivity contribution in [2.24, 2.45) is 0 Å². The Kier molecular flexibility index (Phi) is 6.15. The van der Waals surface area contributed by atoms with Crippen molar-refractivity contribution in [2.75, 3.05) is 6.61 Å². The number of carbonyl (C=O) groups excluding carboxylic acids is 1. The van der Waals surface area contributed by atoms with E-state index in [9.17, 15) is 15.0 Å². The number of amides is 1. The van der Waals surface area contributed by atoms with E-state index < -0.39 is 37.3 Å². The molecule has 112 valence electrons. The van der Waals surface area contributed by atoms with Crippen molar-refractivity contribution in [1.82, 2.24) is 5.32 Å². The van der Waals surface area contributed by atoms with Gasteiger partial charge in [-0.25, -0.2) is 0 Å². The smallest absolute Gasteiger partial charge is 0.217 e. The Labute approximate surface area is 112 Å². The molecule has 0 aliphatic carbocycles. The molecule has 1 aliphatic rings. The minimum atomic E-state index is -1.28. The zero-order chi connectivity index (χ0) is 14.6. The molecule has 1 amide bonds. The van der Waals surface area contributed by atoms with Gasteiger partial charge in [-0.2, -0.15) is 0 Å². The molecule has 0 aromatic carbocycles. The first-order valence-corrected chi connectivity index (χ1v) is 6.45. The minimum absolute atomic E-state index is 0.136. The topological polar surface area (TPSA) is 108 Å². The summed E-state index contributed by atoms with van der Waals surface area (Å²) in [7, 11) is 0. The second-order valence-corrected chi connectivity index (χ2v) is 4.79. The van der Waals surface area contributed by atoms with Gasteiger partial charge in [-0.3, -0.25) is 4.79 Å². The Balaban J connectivity index is 2.83. The van der Waals surface area contributed by atoms with Crippen molar-refractivity contribution in [1.29, 1.82) is 0 Å². The van der Waals surface area contributed by atoms with Crippen molar-refractivity contribution in [3.63, 3.8) is 0 Å². The van der Waals surface area contributed by atoms with E-state index in [1.807, 2.05) is 13.8 Å². The van der Waals surface area contributed by atoms with E-state index in [-0.39, 0.29) is 12.0 Å². The van der Waals surface area contributed by atoms with Gasteiger partial charge in [0.15, 0.2) is 6.29 Å². The first-order valence-electron chi connectivity index (χ1n) is 6.45. The first-order chi connectivity index (χ1) is 8.90. The Morgan fingerprint density at radius 2 is 2.05 bits per heavy atom. The van der Waals surface area contributed by atoms with E-state index in [1.165, 1.54) is 6.92 Å². The van der Waals surface area contributed by atoms with Gasteiger partial charge in [-0.1, -0.05) is 6.92 Å². The highest BCUT2D eigenvalue weighted by Crippen LogP contribution is 2.23. The maximum atomic E-state index is 11.2. The number of ether oxygens (including phenoxy) is 2. The quantitative estimate of drug-likeness (QED) is 0.500. The first kappa shape index (κ1) is 16.3. The van der Waals surface area contributed by atoms with Crippen molar-refractivity contribution in [2.45, 2.75) is 63.9 Å². The van der Waals surface area contributed by atoms with E-state index in [0.29, 0.717) is 0 Å². The molecule has 1 aliphatic heterocycles.